The zero-order valence-electron chi connectivity index (χ0n) is 8.58. The Labute approximate surface area is 84.2 Å². The molecule has 4 heteroatoms. The van der Waals surface area contributed by atoms with Gasteiger partial charge in [-0.3, -0.25) is 9.59 Å². The van der Waals surface area contributed by atoms with Crippen LogP contribution in [0.5, 0.6) is 0 Å². The van der Waals surface area contributed by atoms with Gasteiger partial charge in [0.05, 0.1) is 0 Å². The van der Waals surface area contributed by atoms with Crippen molar-refractivity contribution in [3.8, 4) is 0 Å². The SMILES string of the molecule is CCC(=O)NC1CCC(C(N)=O)CC1. The number of carbonyl (C=O) groups is 2. The zero-order chi connectivity index (χ0) is 10.6. The first-order valence-electron chi connectivity index (χ1n) is 5.22. The standard InChI is InChI=1S/C10H18N2O2/c1-2-9(13)12-8-5-3-7(4-6-8)10(11)14/h7-8H,2-6H2,1H3,(H2,11,14)(H,12,13). The van der Waals surface area contributed by atoms with Crippen LogP contribution < -0.4 is 11.1 Å². The van der Waals surface area contributed by atoms with Gasteiger partial charge in [0.1, 0.15) is 0 Å². The van der Waals surface area contributed by atoms with Gasteiger partial charge in [0, 0.05) is 18.4 Å². The van der Waals surface area contributed by atoms with Gasteiger partial charge in [0.25, 0.3) is 0 Å². The van der Waals surface area contributed by atoms with Crippen molar-refractivity contribution in [2.24, 2.45) is 11.7 Å². The molecule has 0 saturated heterocycles. The fraction of sp³-hybridized carbons (Fsp3) is 0.800. The molecule has 1 fully saturated rings. The first kappa shape index (κ1) is 11.0. The molecule has 1 aliphatic carbocycles. The fourth-order valence-electron chi connectivity index (χ4n) is 1.85. The Hall–Kier alpha value is -1.06. The van der Waals surface area contributed by atoms with Crippen LogP contribution in [0, 0.1) is 5.92 Å². The second kappa shape index (κ2) is 4.98. The van der Waals surface area contributed by atoms with Crippen LogP contribution in [0.15, 0.2) is 0 Å². The van der Waals surface area contributed by atoms with Gasteiger partial charge < -0.3 is 11.1 Å². The largest absolute Gasteiger partial charge is 0.369 e. The second-order valence-electron chi connectivity index (χ2n) is 3.87. The van der Waals surface area contributed by atoms with E-state index in [1.165, 1.54) is 0 Å². The highest BCUT2D eigenvalue weighted by atomic mass is 16.2. The van der Waals surface area contributed by atoms with Crippen LogP contribution in [0.4, 0.5) is 0 Å². The number of rotatable bonds is 3. The summed E-state index contributed by atoms with van der Waals surface area (Å²) in [6.45, 7) is 1.84. The van der Waals surface area contributed by atoms with Crippen LogP contribution >= 0.6 is 0 Å². The second-order valence-corrected chi connectivity index (χ2v) is 3.87. The summed E-state index contributed by atoms with van der Waals surface area (Å²) in [7, 11) is 0. The third kappa shape index (κ3) is 3.01. The third-order valence-electron chi connectivity index (χ3n) is 2.82. The Morgan fingerprint density at radius 1 is 1.29 bits per heavy atom. The van der Waals surface area contributed by atoms with E-state index in [2.05, 4.69) is 5.32 Å². The van der Waals surface area contributed by atoms with Crippen LogP contribution in [0.1, 0.15) is 39.0 Å². The summed E-state index contributed by atoms with van der Waals surface area (Å²) in [6, 6.07) is 0.248. The summed E-state index contributed by atoms with van der Waals surface area (Å²) in [4.78, 5) is 22.0. The minimum absolute atomic E-state index is 0.0183. The lowest BCUT2D eigenvalue weighted by molar-refractivity contribution is -0.123. The molecule has 4 nitrogen and oxygen atoms in total. The lowest BCUT2D eigenvalue weighted by atomic mass is 9.85. The minimum Gasteiger partial charge on any atom is -0.369 e. The highest BCUT2D eigenvalue weighted by molar-refractivity contribution is 5.77. The molecule has 3 N–H and O–H groups in total. The van der Waals surface area contributed by atoms with Gasteiger partial charge in [-0.1, -0.05) is 6.92 Å². The highest BCUT2D eigenvalue weighted by Crippen LogP contribution is 2.23. The molecule has 0 bridgehead atoms. The molecule has 14 heavy (non-hydrogen) atoms. The van der Waals surface area contributed by atoms with E-state index in [-0.39, 0.29) is 23.8 Å². The molecule has 0 heterocycles. The summed E-state index contributed by atoms with van der Waals surface area (Å²) in [5.41, 5.74) is 5.21. The van der Waals surface area contributed by atoms with E-state index in [1.807, 2.05) is 6.92 Å². The molecule has 80 valence electrons. The molecule has 2 amide bonds. The molecule has 0 unspecified atom stereocenters. The summed E-state index contributed by atoms with van der Waals surface area (Å²) in [6.07, 6.45) is 3.89. The van der Waals surface area contributed by atoms with Gasteiger partial charge in [0.2, 0.25) is 11.8 Å². The molecule has 1 rings (SSSR count). The van der Waals surface area contributed by atoms with E-state index in [1.54, 1.807) is 0 Å². The predicted octanol–water partition coefficient (Wildman–Crippen LogP) is 0.557. The van der Waals surface area contributed by atoms with Crippen LogP contribution in [-0.4, -0.2) is 17.9 Å². The quantitative estimate of drug-likeness (QED) is 0.695. The first-order chi connectivity index (χ1) is 6.63. The molecule has 0 atom stereocenters. The number of nitrogens with two attached hydrogens (primary N) is 1. The van der Waals surface area contributed by atoms with Gasteiger partial charge in [0.15, 0.2) is 0 Å². The first-order valence-corrected chi connectivity index (χ1v) is 5.22. The van der Waals surface area contributed by atoms with Crippen molar-refractivity contribution in [2.45, 2.75) is 45.1 Å². The van der Waals surface area contributed by atoms with Crippen molar-refractivity contribution in [1.29, 1.82) is 0 Å². The number of hydrogen-bond acceptors (Lipinski definition) is 2. The van der Waals surface area contributed by atoms with Crippen molar-refractivity contribution in [2.75, 3.05) is 0 Å². The monoisotopic (exact) mass is 198 g/mol. The van der Waals surface area contributed by atoms with Gasteiger partial charge in [-0.05, 0) is 25.7 Å². The molecular formula is C10H18N2O2. The van der Waals surface area contributed by atoms with Gasteiger partial charge >= 0.3 is 0 Å². The topological polar surface area (TPSA) is 72.2 Å². The summed E-state index contributed by atoms with van der Waals surface area (Å²) >= 11 is 0. The van der Waals surface area contributed by atoms with E-state index in [9.17, 15) is 9.59 Å². The zero-order valence-corrected chi connectivity index (χ0v) is 8.58. The maximum Gasteiger partial charge on any atom is 0.220 e. The normalized spacial score (nSPS) is 26.9. The van der Waals surface area contributed by atoms with Crippen LogP contribution in [-0.2, 0) is 9.59 Å². The molecule has 0 aromatic carbocycles. The van der Waals surface area contributed by atoms with Gasteiger partial charge in [-0.15, -0.1) is 0 Å². The maximum absolute atomic E-state index is 11.1. The third-order valence-corrected chi connectivity index (χ3v) is 2.82. The fourth-order valence-corrected chi connectivity index (χ4v) is 1.85. The van der Waals surface area contributed by atoms with Gasteiger partial charge in [-0.2, -0.15) is 0 Å². The Bertz CT molecular complexity index is 220. The van der Waals surface area contributed by atoms with Crippen molar-refractivity contribution in [1.82, 2.24) is 5.32 Å². The molecule has 0 aromatic rings. The van der Waals surface area contributed by atoms with E-state index in [0.717, 1.165) is 25.7 Å². The Morgan fingerprint density at radius 3 is 2.29 bits per heavy atom. The van der Waals surface area contributed by atoms with Crippen LogP contribution in [0.2, 0.25) is 0 Å². The van der Waals surface area contributed by atoms with E-state index in [0.29, 0.717) is 6.42 Å². The molecular weight excluding hydrogens is 180 g/mol. The number of hydrogen-bond donors (Lipinski definition) is 2. The van der Waals surface area contributed by atoms with E-state index < -0.39 is 0 Å². The van der Waals surface area contributed by atoms with E-state index >= 15 is 0 Å². The van der Waals surface area contributed by atoms with E-state index in [4.69, 9.17) is 5.73 Å². The summed E-state index contributed by atoms with van der Waals surface area (Å²) < 4.78 is 0. The average Bonchev–Trinajstić information content (AvgIpc) is 2.18. The highest BCUT2D eigenvalue weighted by Gasteiger charge is 2.24. The lowest BCUT2D eigenvalue weighted by Crippen LogP contribution is -2.39. The van der Waals surface area contributed by atoms with Crippen molar-refractivity contribution >= 4 is 11.8 Å². The Kier molecular flexibility index (Phi) is 3.92. The molecule has 1 saturated carbocycles. The smallest absolute Gasteiger partial charge is 0.220 e. The Morgan fingerprint density at radius 2 is 1.86 bits per heavy atom. The number of nitrogens with one attached hydrogen (secondary N) is 1. The van der Waals surface area contributed by atoms with Crippen LogP contribution in [0.3, 0.4) is 0 Å². The van der Waals surface area contributed by atoms with Crippen molar-refractivity contribution < 1.29 is 9.59 Å². The average molecular weight is 198 g/mol. The minimum atomic E-state index is -0.203. The van der Waals surface area contributed by atoms with Crippen molar-refractivity contribution in [3.05, 3.63) is 0 Å². The molecule has 0 aromatic heterocycles. The van der Waals surface area contributed by atoms with Crippen LogP contribution in [0.25, 0.3) is 0 Å². The number of carbonyl (C=O) groups excluding carboxylic acids is 2. The summed E-state index contributed by atoms with van der Waals surface area (Å²) in [5, 5.41) is 2.94. The number of amides is 2. The Balaban J connectivity index is 2.29. The molecule has 0 aliphatic heterocycles. The molecule has 1 aliphatic rings. The summed E-state index contributed by atoms with van der Waals surface area (Å²) in [5.74, 6) is -0.0948. The number of primary amides is 1. The molecule has 0 spiro atoms. The molecule has 0 radical (unpaired) electrons. The maximum atomic E-state index is 11.1. The predicted molar refractivity (Wildman–Crippen MR) is 53.4 cm³/mol. The van der Waals surface area contributed by atoms with Gasteiger partial charge in [-0.25, -0.2) is 0 Å². The lowest BCUT2D eigenvalue weighted by Gasteiger charge is -2.27. The van der Waals surface area contributed by atoms with Crippen molar-refractivity contribution in [3.63, 3.8) is 0 Å².